The van der Waals surface area contributed by atoms with Gasteiger partial charge in [0.1, 0.15) is 0 Å². The Labute approximate surface area is 139 Å². The number of nitrogens with two attached hydrogens (primary N) is 1. The van der Waals surface area contributed by atoms with Gasteiger partial charge in [0, 0.05) is 24.3 Å². The smallest absolute Gasteiger partial charge is 0.317 e. The number of urea groups is 1. The van der Waals surface area contributed by atoms with Crippen LogP contribution in [-0.4, -0.2) is 38.2 Å². The topological polar surface area (TPSA) is 92.5 Å². The second-order valence-corrected chi connectivity index (χ2v) is 8.49. The van der Waals surface area contributed by atoms with Crippen LogP contribution in [0.5, 0.6) is 0 Å². The van der Waals surface area contributed by atoms with Crippen molar-refractivity contribution in [2.75, 3.05) is 18.8 Å². The SMILES string of the molecule is NS(=O)(=O)C[C@@H]1CCN(C(=O)NCc2ccc3sccc3c2)C1. The molecule has 1 aromatic heterocycles. The predicted octanol–water partition coefficient (Wildman–Crippen LogP) is 1.72. The molecule has 2 heterocycles. The maximum atomic E-state index is 12.2. The summed E-state index contributed by atoms with van der Waals surface area (Å²) >= 11 is 1.69. The lowest BCUT2D eigenvalue weighted by molar-refractivity contribution is 0.207. The Balaban J connectivity index is 1.53. The number of nitrogens with zero attached hydrogens (tertiary/aromatic N) is 1. The number of rotatable bonds is 4. The number of hydrogen-bond donors (Lipinski definition) is 2. The third-order valence-corrected chi connectivity index (χ3v) is 5.84. The van der Waals surface area contributed by atoms with Crippen LogP contribution in [0.1, 0.15) is 12.0 Å². The third-order valence-electron chi connectivity index (χ3n) is 4.00. The summed E-state index contributed by atoms with van der Waals surface area (Å²) in [4.78, 5) is 13.8. The van der Waals surface area contributed by atoms with Crippen LogP contribution >= 0.6 is 11.3 Å². The number of nitrogens with one attached hydrogen (secondary N) is 1. The van der Waals surface area contributed by atoms with Gasteiger partial charge in [-0.1, -0.05) is 6.07 Å². The second kappa shape index (κ2) is 6.46. The molecule has 1 aromatic carbocycles. The summed E-state index contributed by atoms with van der Waals surface area (Å²) in [6.07, 6.45) is 0.671. The predicted molar refractivity (Wildman–Crippen MR) is 91.7 cm³/mol. The Hall–Kier alpha value is -1.64. The molecule has 1 aliphatic rings. The molecule has 124 valence electrons. The molecule has 2 aromatic rings. The van der Waals surface area contributed by atoms with Crippen molar-refractivity contribution in [2.45, 2.75) is 13.0 Å². The monoisotopic (exact) mass is 353 g/mol. The molecule has 0 bridgehead atoms. The fourth-order valence-corrected chi connectivity index (χ4v) is 4.60. The van der Waals surface area contributed by atoms with Gasteiger partial charge in [0.2, 0.25) is 10.0 Å². The zero-order valence-electron chi connectivity index (χ0n) is 12.6. The van der Waals surface area contributed by atoms with E-state index in [1.165, 1.54) is 10.1 Å². The minimum absolute atomic E-state index is 0.0639. The Morgan fingerprint density at radius 1 is 1.39 bits per heavy atom. The van der Waals surface area contributed by atoms with Crippen molar-refractivity contribution >= 4 is 37.5 Å². The lowest BCUT2D eigenvalue weighted by Gasteiger charge is -2.17. The first-order chi connectivity index (χ1) is 10.9. The average molecular weight is 353 g/mol. The molecule has 0 unspecified atom stereocenters. The zero-order chi connectivity index (χ0) is 16.4. The maximum absolute atomic E-state index is 12.2. The highest BCUT2D eigenvalue weighted by Gasteiger charge is 2.28. The first-order valence-electron chi connectivity index (χ1n) is 7.40. The Bertz CT molecular complexity index is 816. The van der Waals surface area contributed by atoms with Gasteiger partial charge in [0.05, 0.1) is 5.75 Å². The summed E-state index contributed by atoms with van der Waals surface area (Å²) in [6, 6.07) is 8.03. The highest BCUT2D eigenvalue weighted by atomic mass is 32.2. The largest absolute Gasteiger partial charge is 0.334 e. The lowest BCUT2D eigenvalue weighted by Crippen LogP contribution is -2.38. The summed E-state index contributed by atoms with van der Waals surface area (Å²) in [5.41, 5.74) is 1.05. The Morgan fingerprint density at radius 2 is 2.22 bits per heavy atom. The lowest BCUT2D eigenvalue weighted by atomic mass is 10.2. The molecular weight excluding hydrogens is 334 g/mol. The van der Waals surface area contributed by atoms with Crippen molar-refractivity contribution in [1.82, 2.24) is 10.2 Å². The number of primary sulfonamides is 1. The number of carbonyl (C=O) groups is 1. The van der Waals surface area contributed by atoms with Gasteiger partial charge < -0.3 is 10.2 Å². The molecule has 0 saturated carbocycles. The van der Waals surface area contributed by atoms with Crippen molar-refractivity contribution < 1.29 is 13.2 Å². The first-order valence-corrected chi connectivity index (χ1v) is 9.99. The molecule has 0 aliphatic carbocycles. The summed E-state index contributed by atoms with van der Waals surface area (Å²) in [6.45, 7) is 1.46. The van der Waals surface area contributed by atoms with Gasteiger partial charge in [-0.2, -0.15) is 0 Å². The van der Waals surface area contributed by atoms with E-state index in [0.717, 1.165) is 5.56 Å². The molecule has 3 rings (SSSR count). The van der Waals surface area contributed by atoms with Gasteiger partial charge >= 0.3 is 6.03 Å². The van der Waals surface area contributed by atoms with Gasteiger partial charge in [-0.15, -0.1) is 11.3 Å². The van der Waals surface area contributed by atoms with Crippen LogP contribution < -0.4 is 10.5 Å². The van der Waals surface area contributed by atoms with E-state index in [9.17, 15) is 13.2 Å². The zero-order valence-corrected chi connectivity index (χ0v) is 14.2. The Morgan fingerprint density at radius 3 is 3.00 bits per heavy atom. The van der Waals surface area contributed by atoms with E-state index >= 15 is 0 Å². The van der Waals surface area contributed by atoms with Gasteiger partial charge in [0.15, 0.2) is 0 Å². The molecule has 2 amide bonds. The number of benzene rings is 1. The van der Waals surface area contributed by atoms with Gasteiger partial charge in [-0.25, -0.2) is 18.4 Å². The highest BCUT2D eigenvalue weighted by Crippen LogP contribution is 2.22. The van der Waals surface area contributed by atoms with Crippen LogP contribution in [0.4, 0.5) is 4.79 Å². The number of amides is 2. The van der Waals surface area contributed by atoms with E-state index in [1.807, 2.05) is 11.4 Å². The molecule has 1 atom stereocenters. The third kappa shape index (κ3) is 4.21. The standard InChI is InChI=1S/C15H19N3O3S2/c16-23(20,21)10-12-3-5-18(9-12)15(19)17-8-11-1-2-14-13(7-11)4-6-22-14/h1-2,4,6-7,12H,3,5,8-10H2,(H,17,19)(H2,16,20,21)/t12-/m1/s1. The van der Waals surface area contributed by atoms with Gasteiger partial charge in [-0.05, 0) is 46.9 Å². The fourth-order valence-electron chi connectivity index (χ4n) is 2.90. The number of sulfonamides is 1. The van der Waals surface area contributed by atoms with Crippen LogP contribution in [0, 0.1) is 5.92 Å². The molecule has 6 nitrogen and oxygen atoms in total. The number of likely N-dealkylation sites (tertiary alicyclic amines) is 1. The average Bonchev–Trinajstić information content (AvgIpc) is 3.11. The number of thiophene rings is 1. The van der Waals surface area contributed by atoms with Crippen molar-refractivity contribution in [3.05, 3.63) is 35.2 Å². The van der Waals surface area contributed by atoms with Crippen molar-refractivity contribution in [3.63, 3.8) is 0 Å². The minimum Gasteiger partial charge on any atom is -0.334 e. The molecule has 23 heavy (non-hydrogen) atoms. The number of hydrogen-bond acceptors (Lipinski definition) is 4. The summed E-state index contributed by atoms with van der Waals surface area (Å²) in [5, 5.41) is 11.2. The van der Waals surface area contributed by atoms with E-state index in [0.29, 0.717) is 26.1 Å². The highest BCUT2D eigenvalue weighted by molar-refractivity contribution is 7.89. The fraction of sp³-hybridized carbons (Fsp3) is 0.400. The van der Waals surface area contributed by atoms with Crippen LogP contribution in [0.2, 0.25) is 0 Å². The molecular formula is C15H19N3O3S2. The second-order valence-electron chi connectivity index (χ2n) is 5.88. The quantitative estimate of drug-likeness (QED) is 0.876. The summed E-state index contributed by atoms with van der Waals surface area (Å²) in [7, 11) is -3.48. The molecule has 3 N–H and O–H groups in total. The summed E-state index contributed by atoms with van der Waals surface area (Å²) < 4.78 is 23.5. The van der Waals surface area contributed by atoms with E-state index in [4.69, 9.17) is 5.14 Å². The molecule has 8 heteroatoms. The minimum atomic E-state index is -3.48. The number of carbonyl (C=O) groups excluding carboxylic acids is 1. The molecule has 0 radical (unpaired) electrons. The van der Waals surface area contributed by atoms with Crippen LogP contribution in [0.15, 0.2) is 29.6 Å². The maximum Gasteiger partial charge on any atom is 0.317 e. The van der Waals surface area contributed by atoms with E-state index in [1.54, 1.807) is 16.2 Å². The van der Waals surface area contributed by atoms with E-state index < -0.39 is 10.0 Å². The number of fused-ring (bicyclic) bond motifs is 1. The van der Waals surface area contributed by atoms with Crippen molar-refractivity contribution in [1.29, 1.82) is 0 Å². The molecule has 0 spiro atoms. The van der Waals surface area contributed by atoms with Crippen LogP contribution in [-0.2, 0) is 16.6 Å². The van der Waals surface area contributed by atoms with Crippen LogP contribution in [0.25, 0.3) is 10.1 Å². The normalized spacial score (nSPS) is 18.5. The molecule has 1 saturated heterocycles. The van der Waals surface area contributed by atoms with Crippen molar-refractivity contribution in [2.24, 2.45) is 11.1 Å². The van der Waals surface area contributed by atoms with Gasteiger partial charge in [-0.3, -0.25) is 0 Å². The summed E-state index contributed by atoms with van der Waals surface area (Å²) in [5.74, 6) is -0.135. The van der Waals surface area contributed by atoms with Crippen LogP contribution in [0.3, 0.4) is 0 Å². The molecule has 1 fully saturated rings. The van der Waals surface area contributed by atoms with Crippen molar-refractivity contribution in [3.8, 4) is 0 Å². The van der Waals surface area contributed by atoms with Gasteiger partial charge in [0.25, 0.3) is 0 Å². The first kappa shape index (κ1) is 16.2. The van der Waals surface area contributed by atoms with E-state index in [2.05, 4.69) is 23.5 Å². The van der Waals surface area contributed by atoms with E-state index in [-0.39, 0.29) is 17.7 Å². The molecule has 1 aliphatic heterocycles. The Kier molecular flexibility index (Phi) is 4.56.